The summed E-state index contributed by atoms with van der Waals surface area (Å²) in [6.45, 7) is 5.55. The van der Waals surface area contributed by atoms with E-state index in [1.807, 2.05) is 20.8 Å². The van der Waals surface area contributed by atoms with Crippen LogP contribution in [0.4, 0.5) is 10.1 Å². The highest BCUT2D eigenvalue weighted by atomic mass is 32.2. The molecule has 2 rings (SSSR count). The molecule has 0 aliphatic rings. The first kappa shape index (κ1) is 21.7. The number of amides is 1. The molecular formula is C20H25FN2O4S. The van der Waals surface area contributed by atoms with E-state index in [4.69, 9.17) is 4.74 Å². The van der Waals surface area contributed by atoms with Crippen molar-refractivity contribution in [1.82, 2.24) is 5.32 Å². The summed E-state index contributed by atoms with van der Waals surface area (Å²) in [7, 11) is -2.19. The monoisotopic (exact) mass is 408 g/mol. The predicted molar refractivity (Wildman–Crippen MR) is 108 cm³/mol. The van der Waals surface area contributed by atoms with Crippen LogP contribution in [-0.4, -0.2) is 33.2 Å². The molecule has 0 aliphatic heterocycles. The van der Waals surface area contributed by atoms with Crippen molar-refractivity contribution in [3.8, 4) is 5.75 Å². The highest BCUT2D eigenvalue weighted by Crippen LogP contribution is 2.27. The summed E-state index contributed by atoms with van der Waals surface area (Å²) in [4.78, 5) is 12.5. The van der Waals surface area contributed by atoms with Crippen LogP contribution in [0.25, 0.3) is 0 Å². The number of rotatable bonds is 6. The molecule has 0 unspecified atom stereocenters. The van der Waals surface area contributed by atoms with Crippen molar-refractivity contribution in [2.24, 2.45) is 0 Å². The molecule has 6 nitrogen and oxygen atoms in total. The molecule has 0 radical (unpaired) electrons. The fourth-order valence-electron chi connectivity index (χ4n) is 2.62. The van der Waals surface area contributed by atoms with E-state index in [1.54, 1.807) is 18.2 Å². The van der Waals surface area contributed by atoms with Gasteiger partial charge in [0.05, 0.1) is 25.6 Å². The molecule has 0 fully saturated rings. The fourth-order valence-corrected chi connectivity index (χ4v) is 3.50. The molecule has 0 heterocycles. The van der Waals surface area contributed by atoms with Gasteiger partial charge in [0.15, 0.2) is 0 Å². The van der Waals surface area contributed by atoms with Gasteiger partial charge in [-0.15, -0.1) is 0 Å². The van der Waals surface area contributed by atoms with Gasteiger partial charge in [-0.2, -0.15) is 0 Å². The van der Waals surface area contributed by atoms with Crippen molar-refractivity contribution in [2.45, 2.75) is 32.9 Å². The SMILES string of the molecule is COc1ccc(C(=O)NC(C)(C)C)cc1CN(c1ccc(F)cc1)S(C)(=O)=O. The minimum Gasteiger partial charge on any atom is -0.496 e. The lowest BCUT2D eigenvalue weighted by molar-refractivity contribution is 0.0919. The average Bonchev–Trinajstić information content (AvgIpc) is 2.58. The lowest BCUT2D eigenvalue weighted by Crippen LogP contribution is -2.40. The number of hydrogen-bond acceptors (Lipinski definition) is 4. The third-order valence-corrected chi connectivity index (χ3v) is 5.00. The van der Waals surface area contributed by atoms with Crippen molar-refractivity contribution in [3.63, 3.8) is 0 Å². The zero-order valence-corrected chi connectivity index (χ0v) is 17.4. The molecule has 28 heavy (non-hydrogen) atoms. The Bertz CT molecular complexity index is 951. The maximum atomic E-state index is 13.2. The number of ether oxygens (including phenoxy) is 1. The normalized spacial score (nSPS) is 11.8. The molecule has 1 amide bonds. The molecule has 0 saturated heterocycles. The van der Waals surface area contributed by atoms with Crippen LogP contribution in [0.15, 0.2) is 42.5 Å². The highest BCUT2D eigenvalue weighted by molar-refractivity contribution is 7.92. The highest BCUT2D eigenvalue weighted by Gasteiger charge is 2.22. The molecule has 0 aliphatic carbocycles. The van der Waals surface area contributed by atoms with Gasteiger partial charge in [0.2, 0.25) is 10.0 Å². The van der Waals surface area contributed by atoms with Crippen LogP contribution in [0.1, 0.15) is 36.7 Å². The Morgan fingerprint density at radius 3 is 2.25 bits per heavy atom. The molecule has 1 N–H and O–H groups in total. The summed E-state index contributed by atoms with van der Waals surface area (Å²) < 4.78 is 44.4. The lowest BCUT2D eigenvalue weighted by Gasteiger charge is -2.24. The first-order chi connectivity index (χ1) is 12.9. The van der Waals surface area contributed by atoms with Gasteiger partial charge in [0.25, 0.3) is 5.91 Å². The van der Waals surface area contributed by atoms with Crippen LogP contribution in [-0.2, 0) is 16.6 Å². The van der Waals surface area contributed by atoms with Crippen molar-refractivity contribution in [1.29, 1.82) is 0 Å². The second-order valence-electron chi connectivity index (χ2n) is 7.48. The fraction of sp³-hybridized carbons (Fsp3) is 0.350. The van der Waals surface area contributed by atoms with Gasteiger partial charge in [-0.25, -0.2) is 12.8 Å². The van der Waals surface area contributed by atoms with Crippen LogP contribution in [0.2, 0.25) is 0 Å². The largest absolute Gasteiger partial charge is 0.496 e. The van der Waals surface area contributed by atoms with Gasteiger partial charge in [-0.1, -0.05) is 0 Å². The smallest absolute Gasteiger partial charge is 0.251 e. The summed E-state index contributed by atoms with van der Waals surface area (Å²) in [5, 5.41) is 2.87. The number of nitrogens with zero attached hydrogens (tertiary/aromatic N) is 1. The topological polar surface area (TPSA) is 75.7 Å². The Morgan fingerprint density at radius 1 is 1.14 bits per heavy atom. The van der Waals surface area contributed by atoms with Crippen LogP contribution < -0.4 is 14.4 Å². The van der Waals surface area contributed by atoms with Crippen LogP contribution in [0.5, 0.6) is 5.75 Å². The van der Waals surface area contributed by atoms with Crippen molar-refractivity contribution in [3.05, 3.63) is 59.4 Å². The molecular weight excluding hydrogens is 383 g/mol. The molecule has 0 aromatic heterocycles. The Kier molecular flexibility index (Phi) is 6.34. The van der Waals surface area contributed by atoms with Gasteiger partial charge in [-0.05, 0) is 63.2 Å². The second-order valence-corrected chi connectivity index (χ2v) is 9.38. The van der Waals surface area contributed by atoms with Crippen LogP contribution in [0.3, 0.4) is 0 Å². The van der Waals surface area contributed by atoms with E-state index in [0.29, 0.717) is 22.6 Å². The number of methoxy groups -OCH3 is 1. The van der Waals surface area contributed by atoms with Gasteiger partial charge in [-0.3, -0.25) is 9.10 Å². The quantitative estimate of drug-likeness (QED) is 0.796. The number of hydrogen-bond donors (Lipinski definition) is 1. The number of nitrogens with one attached hydrogen (secondary N) is 1. The summed E-state index contributed by atoms with van der Waals surface area (Å²) in [6.07, 6.45) is 1.07. The van der Waals surface area contributed by atoms with E-state index in [0.717, 1.165) is 10.6 Å². The van der Waals surface area contributed by atoms with E-state index >= 15 is 0 Å². The van der Waals surface area contributed by atoms with E-state index in [2.05, 4.69) is 5.32 Å². The minimum atomic E-state index is -3.66. The van der Waals surface area contributed by atoms with E-state index in [9.17, 15) is 17.6 Å². The number of sulfonamides is 1. The van der Waals surface area contributed by atoms with E-state index in [1.165, 1.54) is 31.4 Å². The molecule has 152 valence electrons. The molecule has 0 bridgehead atoms. The molecule has 8 heteroatoms. The first-order valence-electron chi connectivity index (χ1n) is 8.63. The molecule has 2 aromatic carbocycles. The number of carbonyl (C=O) groups excluding carboxylic acids is 1. The van der Waals surface area contributed by atoms with Crippen LogP contribution in [0, 0.1) is 5.82 Å². The number of carbonyl (C=O) groups is 1. The Balaban J connectivity index is 2.44. The number of benzene rings is 2. The van der Waals surface area contributed by atoms with Gasteiger partial charge in [0.1, 0.15) is 11.6 Å². The van der Waals surface area contributed by atoms with Gasteiger partial charge in [0, 0.05) is 16.7 Å². The summed E-state index contributed by atoms with van der Waals surface area (Å²) in [5.41, 5.74) is 0.803. The van der Waals surface area contributed by atoms with E-state index < -0.39 is 21.4 Å². The van der Waals surface area contributed by atoms with Crippen LogP contribution >= 0.6 is 0 Å². The maximum absolute atomic E-state index is 13.2. The van der Waals surface area contributed by atoms with Gasteiger partial charge >= 0.3 is 0 Å². The second kappa shape index (κ2) is 8.18. The third-order valence-electron chi connectivity index (χ3n) is 3.86. The molecule has 0 spiro atoms. The zero-order chi connectivity index (χ0) is 21.1. The molecule has 0 saturated carbocycles. The average molecular weight is 408 g/mol. The summed E-state index contributed by atoms with van der Waals surface area (Å²) in [5.74, 6) is -0.289. The summed E-state index contributed by atoms with van der Waals surface area (Å²) >= 11 is 0. The number of anilines is 1. The minimum absolute atomic E-state index is 0.0652. The molecule has 0 atom stereocenters. The van der Waals surface area contributed by atoms with Crippen molar-refractivity contribution < 1.29 is 22.3 Å². The standard InChI is InChI=1S/C20H25FN2O4S/c1-20(2,3)22-19(24)14-6-11-18(27-4)15(12-14)13-23(28(5,25)26)17-9-7-16(21)8-10-17/h6-12H,13H2,1-5H3,(H,22,24). The molecule has 2 aromatic rings. The zero-order valence-electron chi connectivity index (χ0n) is 16.6. The Hall–Kier alpha value is -2.61. The number of halogens is 1. The van der Waals surface area contributed by atoms with Crippen molar-refractivity contribution >= 4 is 21.6 Å². The maximum Gasteiger partial charge on any atom is 0.251 e. The first-order valence-corrected chi connectivity index (χ1v) is 10.5. The van der Waals surface area contributed by atoms with E-state index in [-0.39, 0.29) is 12.5 Å². The Morgan fingerprint density at radius 2 is 1.75 bits per heavy atom. The Labute approximate surface area is 165 Å². The predicted octanol–water partition coefficient (Wildman–Crippen LogP) is 3.33. The van der Waals surface area contributed by atoms with Crippen molar-refractivity contribution in [2.75, 3.05) is 17.7 Å². The lowest BCUT2D eigenvalue weighted by atomic mass is 10.1. The van der Waals surface area contributed by atoms with Gasteiger partial charge < -0.3 is 10.1 Å². The third kappa shape index (κ3) is 5.69. The summed E-state index contributed by atoms with van der Waals surface area (Å²) in [6, 6.07) is 10.00.